The Morgan fingerprint density at radius 1 is 1.44 bits per heavy atom. The van der Waals surface area contributed by atoms with Gasteiger partial charge in [-0.25, -0.2) is 4.98 Å². The van der Waals surface area contributed by atoms with E-state index in [1.54, 1.807) is 6.33 Å². The average molecular weight is 284 g/mol. The van der Waals surface area contributed by atoms with E-state index in [1.165, 1.54) is 19.3 Å². The van der Waals surface area contributed by atoms with Crippen LogP contribution in [0.2, 0.25) is 5.28 Å². The number of H-pyrrole nitrogens is 1. The molecule has 1 saturated carbocycles. The van der Waals surface area contributed by atoms with Crippen LogP contribution in [0.1, 0.15) is 19.3 Å². The number of aromatic nitrogens is 4. The molecule has 0 aromatic carbocycles. The normalized spacial score (nSPS) is 23.7. The number of nitrogens with one attached hydrogen (secondary N) is 2. The topological polar surface area (TPSA) is 66.5 Å². The molecule has 2 aromatic heterocycles. The van der Waals surface area contributed by atoms with Gasteiger partial charge in [-0.05, 0) is 37.1 Å². The molecule has 7 heteroatoms. The third-order valence-corrected chi connectivity index (χ3v) is 4.58. The molecule has 5 nitrogen and oxygen atoms in total. The maximum absolute atomic E-state index is 5.90. The summed E-state index contributed by atoms with van der Waals surface area (Å²) in [5.74, 6) is 0.759. The first-order chi connectivity index (χ1) is 8.76. The van der Waals surface area contributed by atoms with Gasteiger partial charge in [-0.15, -0.1) is 0 Å². The number of imidazole rings is 1. The highest BCUT2D eigenvalue weighted by Crippen LogP contribution is 2.31. The standard InChI is InChI=1S/C11H14ClN5S/c1-18-7-3-2-6(4-7)15-10-8-9(14-5-13-8)16-11(12)17-10/h5-7H,2-4H2,1H3,(H2,13,14,15,16,17). The van der Waals surface area contributed by atoms with Crippen molar-refractivity contribution in [2.24, 2.45) is 0 Å². The van der Waals surface area contributed by atoms with Crippen molar-refractivity contribution in [2.45, 2.75) is 30.6 Å². The Labute approximate surface area is 114 Å². The second kappa shape index (κ2) is 4.93. The van der Waals surface area contributed by atoms with Crippen LogP contribution in [0.4, 0.5) is 5.82 Å². The van der Waals surface area contributed by atoms with E-state index < -0.39 is 0 Å². The molecule has 0 amide bonds. The van der Waals surface area contributed by atoms with Crippen LogP contribution in [-0.2, 0) is 0 Å². The lowest BCUT2D eigenvalue weighted by molar-refractivity contribution is 0.753. The Hall–Kier alpha value is -1.01. The van der Waals surface area contributed by atoms with Crippen LogP contribution >= 0.6 is 23.4 Å². The fraction of sp³-hybridized carbons (Fsp3) is 0.545. The van der Waals surface area contributed by atoms with Gasteiger partial charge in [0.2, 0.25) is 5.28 Å². The molecule has 1 aliphatic rings. The maximum Gasteiger partial charge on any atom is 0.226 e. The number of fused-ring (bicyclic) bond motifs is 1. The van der Waals surface area contributed by atoms with Gasteiger partial charge in [0, 0.05) is 11.3 Å². The zero-order valence-electron chi connectivity index (χ0n) is 9.98. The van der Waals surface area contributed by atoms with Crippen molar-refractivity contribution in [1.29, 1.82) is 0 Å². The number of anilines is 1. The molecular weight excluding hydrogens is 270 g/mol. The summed E-state index contributed by atoms with van der Waals surface area (Å²) < 4.78 is 0. The first-order valence-electron chi connectivity index (χ1n) is 5.92. The van der Waals surface area contributed by atoms with Crippen LogP contribution in [0.3, 0.4) is 0 Å². The largest absolute Gasteiger partial charge is 0.365 e. The number of hydrogen-bond donors (Lipinski definition) is 2. The summed E-state index contributed by atoms with van der Waals surface area (Å²) in [6, 6.07) is 0.458. The molecule has 1 aliphatic carbocycles. The van der Waals surface area contributed by atoms with Gasteiger partial charge in [-0.3, -0.25) is 0 Å². The van der Waals surface area contributed by atoms with E-state index in [4.69, 9.17) is 11.6 Å². The van der Waals surface area contributed by atoms with E-state index in [2.05, 4.69) is 31.5 Å². The molecule has 0 saturated heterocycles. The van der Waals surface area contributed by atoms with Gasteiger partial charge < -0.3 is 10.3 Å². The Kier molecular flexibility index (Phi) is 3.30. The van der Waals surface area contributed by atoms with Crippen LogP contribution in [0.5, 0.6) is 0 Å². The predicted molar refractivity (Wildman–Crippen MR) is 75.3 cm³/mol. The van der Waals surface area contributed by atoms with E-state index in [0.717, 1.165) is 16.6 Å². The van der Waals surface area contributed by atoms with Crippen molar-refractivity contribution in [3.63, 3.8) is 0 Å². The van der Waals surface area contributed by atoms with Gasteiger partial charge in [-0.2, -0.15) is 21.7 Å². The zero-order valence-corrected chi connectivity index (χ0v) is 11.6. The fourth-order valence-corrected chi connectivity index (χ4v) is 3.35. The summed E-state index contributed by atoms with van der Waals surface area (Å²) in [7, 11) is 0. The van der Waals surface area contributed by atoms with E-state index in [-0.39, 0.29) is 5.28 Å². The maximum atomic E-state index is 5.90. The van der Waals surface area contributed by atoms with Gasteiger partial charge in [0.05, 0.1) is 6.33 Å². The van der Waals surface area contributed by atoms with Crippen molar-refractivity contribution in [3.05, 3.63) is 11.6 Å². The molecule has 2 heterocycles. The van der Waals surface area contributed by atoms with E-state index in [1.807, 2.05) is 11.8 Å². The quantitative estimate of drug-likeness (QED) is 0.848. The van der Waals surface area contributed by atoms with Crippen LogP contribution in [0.15, 0.2) is 6.33 Å². The third kappa shape index (κ3) is 2.27. The molecule has 0 bridgehead atoms. The number of nitrogens with zero attached hydrogens (tertiary/aromatic N) is 3. The highest BCUT2D eigenvalue weighted by molar-refractivity contribution is 7.99. The molecule has 2 aromatic rings. The summed E-state index contributed by atoms with van der Waals surface area (Å²) in [6.45, 7) is 0. The lowest BCUT2D eigenvalue weighted by Crippen LogP contribution is -2.17. The molecule has 0 spiro atoms. The predicted octanol–water partition coefficient (Wildman–Crippen LogP) is 2.70. The average Bonchev–Trinajstić information content (AvgIpc) is 2.97. The van der Waals surface area contributed by atoms with Crippen molar-refractivity contribution in [3.8, 4) is 0 Å². The van der Waals surface area contributed by atoms with Crippen molar-refractivity contribution < 1.29 is 0 Å². The Bertz CT molecular complexity index is 557. The highest BCUT2D eigenvalue weighted by Gasteiger charge is 2.25. The second-order valence-electron chi connectivity index (χ2n) is 4.45. The van der Waals surface area contributed by atoms with Gasteiger partial charge in [0.25, 0.3) is 0 Å². The van der Waals surface area contributed by atoms with Crippen molar-refractivity contribution >= 4 is 40.3 Å². The van der Waals surface area contributed by atoms with Gasteiger partial charge >= 0.3 is 0 Å². The molecule has 2 unspecified atom stereocenters. The Morgan fingerprint density at radius 3 is 3.11 bits per heavy atom. The smallest absolute Gasteiger partial charge is 0.226 e. The van der Waals surface area contributed by atoms with Crippen LogP contribution in [-0.4, -0.2) is 37.5 Å². The Morgan fingerprint density at radius 2 is 2.33 bits per heavy atom. The number of hydrogen-bond acceptors (Lipinski definition) is 5. The van der Waals surface area contributed by atoms with Gasteiger partial charge in [0.15, 0.2) is 11.5 Å². The molecule has 2 N–H and O–H groups in total. The number of rotatable bonds is 3. The molecule has 2 atom stereocenters. The summed E-state index contributed by atoms with van der Waals surface area (Å²) in [5.41, 5.74) is 1.43. The molecule has 96 valence electrons. The first-order valence-corrected chi connectivity index (χ1v) is 7.59. The molecule has 0 aliphatic heterocycles. The summed E-state index contributed by atoms with van der Waals surface area (Å²) >= 11 is 7.84. The van der Waals surface area contributed by atoms with Crippen LogP contribution in [0, 0.1) is 0 Å². The monoisotopic (exact) mass is 283 g/mol. The minimum absolute atomic E-state index is 0.233. The minimum atomic E-state index is 0.233. The molecular formula is C11H14ClN5S. The summed E-state index contributed by atoms with van der Waals surface area (Å²) in [5, 5.41) is 4.44. The lowest BCUT2D eigenvalue weighted by Gasteiger charge is -2.13. The van der Waals surface area contributed by atoms with Gasteiger partial charge in [-0.1, -0.05) is 0 Å². The van der Waals surface area contributed by atoms with Crippen LogP contribution in [0.25, 0.3) is 11.2 Å². The SMILES string of the molecule is CSC1CCC(Nc2nc(Cl)nc3nc[nH]c23)C1. The van der Waals surface area contributed by atoms with Crippen molar-refractivity contribution in [2.75, 3.05) is 11.6 Å². The Balaban J connectivity index is 1.84. The first kappa shape index (κ1) is 12.0. The molecule has 3 rings (SSSR count). The highest BCUT2D eigenvalue weighted by atomic mass is 35.5. The van der Waals surface area contributed by atoms with E-state index in [9.17, 15) is 0 Å². The summed E-state index contributed by atoms with van der Waals surface area (Å²) in [6.07, 6.45) is 7.37. The lowest BCUT2D eigenvalue weighted by atomic mass is 10.2. The van der Waals surface area contributed by atoms with E-state index >= 15 is 0 Å². The van der Waals surface area contributed by atoms with E-state index in [0.29, 0.717) is 11.7 Å². The van der Waals surface area contributed by atoms with Gasteiger partial charge in [0.1, 0.15) is 5.52 Å². The molecule has 0 radical (unpaired) electrons. The number of aromatic amines is 1. The third-order valence-electron chi connectivity index (χ3n) is 3.32. The fourth-order valence-electron chi connectivity index (χ4n) is 2.39. The van der Waals surface area contributed by atoms with Crippen molar-refractivity contribution in [1.82, 2.24) is 19.9 Å². The second-order valence-corrected chi connectivity index (χ2v) is 5.93. The zero-order chi connectivity index (χ0) is 12.5. The molecule has 1 fully saturated rings. The van der Waals surface area contributed by atoms with Crippen LogP contribution < -0.4 is 5.32 Å². The summed E-state index contributed by atoms with van der Waals surface area (Å²) in [4.78, 5) is 15.5. The minimum Gasteiger partial charge on any atom is -0.365 e. The molecule has 18 heavy (non-hydrogen) atoms. The number of halogens is 1. The number of thioether (sulfide) groups is 1.